The van der Waals surface area contributed by atoms with Crippen molar-refractivity contribution >= 4 is 17.4 Å². The number of hydrogen-bond donors (Lipinski definition) is 1. The number of hydrogen-bond acceptors (Lipinski definition) is 3. The summed E-state index contributed by atoms with van der Waals surface area (Å²) in [5, 5.41) is 3.79. The molecular weight excluding hydrogens is 313 g/mol. The van der Waals surface area contributed by atoms with Gasteiger partial charge in [-0.2, -0.15) is 0 Å². The van der Waals surface area contributed by atoms with E-state index in [0.717, 1.165) is 27.6 Å². The van der Waals surface area contributed by atoms with Gasteiger partial charge in [0.05, 0.1) is 12.2 Å². The molecule has 0 spiro atoms. The number of amides is 2. The van der Waals surface area contributed by atoms with Crippen molar-refractivity contribution in [1.82, 2.24) is 15.2 Å². The minimum Gasteiger partial charge on any atom is -0.331 e. The molecule has 0 aliphatic carbocycles. The van der Waals surface area contributed by atoms with Crippen molar-refractivity contribution in [3.8, 4) is 0 Å². The topological polar surface area (TPSA) is 45.2 Å². The van der Waals surface area contributed by atoms with E-state index in [1.165, 1.54) is 12.1 Å². The molecule has 0 saturated heterocycles. The highest BCUT2D eigenvalue weighted by molar-refractivity contribution is 7.11. The highest BCUT2D eigenvalue weighted by atomic mass is 32.1. The molecule has 23 heavy (non-hydrogen) atoms. The normalized spacial score (nSPS) is 10.6. The van der Waals surface area contributed by atoms with E-state index in [9.17, 15) is 9.18 Å². The molecule has 1 heterocycles. The van der Waals surface area contributed by atoms with E-state index in [4.69, 9.17) is 0 Å². The van der Waals surface area contributed by atoms with Gasteiger partial charge in [-0.05, 0) is 38.5 Å². The Morgan fingerprint density at radius 3 is 2.52 bits per heavy atom. The first-order valence-corrected chi connectivity index (χ1v) is 8.57. The molecule has 0 aliphatic rings. The van der Waals surface area contributed by atoms with Crippen molar-refractivity contribution in [2.45, 2.75) is 33.7 Å². The lowest BCUT2D eigenvalue weighted by atomic mass is 10.1. The highest BCUT2D eigenvalue weighted by Gasteiger charge is 2.12. The molecule has 2 rings (SSSR count). The molecule has 0 fully saturated rings. The summed E-state index contributed by atoms with van der Waals surface area (Å²) in [5.74, 6) is -0.227. The first-order chi connectivity index (χ1) is 11.0. The Kier molecular flexibility index (Phi) is 6.10. The molecule has 4 nitrogen and oxygen atoms in total. The van der Waals surface area contributed by atoms with E-state index in [1.54, 1.807) is 28.4 Å². The lowest BCUT2D eigenvalue weighted by Gasteiger charge is -2.18. The van der Waals surface area contributed by atoms with Gasteiger partial charge < -0.3 is 10.2 Å². The molecule has 6 heteroatoms. The van der Waals surface area contributed by atoms with Gasteiger partial charge in [-0.25, -0.2) is 14.2 Å². The van der Waals surface area contributed by atoms with Crippen LogP contribution in [0.2, 0.25) is 0 Å². The van der Waals surface area contributed by atoms with Crippen LogP contribution in [0.1, 0.15) is 35.0 Å². The van der Waals surface area contributed by atoms with E-state index in [0.29, 0.717) is 19.6 Å². The Balaban J connectivity index is 1.98. The third-order valence-corrected chi connectivity index (χ3v) is 4.81. The fourth-order valence-corrected chi connectivity index (χ4v) is 3.33. The Labute approximate surface area is 140 Å². The summed E-state index contributed by atoms with van der Waals surface area (Å²) in [5.41, 5.74) is 2.02. The van der Waals surface area contributed by atoms with Gasteiger partial charge in [0.2, 0.25) is 0 Å². The largest absolute Gasteiger partial charge is 0.331 e. The second-order valence-corrected chi connectivity index (χ2v) is 6.42. The summed E-state index contributed by atoms with van der Waals surface area (Å²) in [6.45, 7) is 7.69. The Bertz CT molecular complexity index is 650. The van der Waals surface area contributed by atoms with E-state index < -0.39 is 0 Å². The fourth-order valence-electron chi connectivity index (χ4n) is 2.29. The average Bonchev–Trinajstić information content (AvgIpc) is 2.89. The number of aryl methyl sites for hydroxylation is 1. The summed E-state index contributed by atoms with van der Waals surface area (Å²) in [6.07, 6.45) is 0.730. The molecular formula is C17H22FN3OS. The Hall–Kier alpha value is -1.95. The number of thiazole rings is 1. The number of nitrogens with zero attached hydrogens (tertiary/aromatic N) is 2. The second-order valence-electron chi connectivity index (χ2n) is 5.25. The molecule has 1 N–H and O–H groups in total. The van der Waals surface area contributed by atoms with Crippen LogP contribution >= 0.6 is 11.3 Å². The van der Waals surface area contributed by atoms with Crippen LogP contribution in [-0.2, 0) is 13.0 Å². The molecule has 0 atom stereocenters. The molecule has 2 amide bonds. The smallest absolute Gasteiger partial charge is 0.317 e. The zero-order chi connectivity index (χ0) is 16.8. The first-order valence-electron chi connectivity index (χ1n) is 7.75. The number of aromatic nitrogens is 1. The van der Waals surface area contributed by atoms with Crippen LogP contribution in [0.3, 0.4) is 0 Å². The summed E-state index contributed by atoms with van der Waals surface area (Å²) in [7, 11) is 0. The minimum atomic E-state index is -0.227. The van der Waals surface area contributed by atoms with Gasteiger partial charge in [0, 0.05) is 24.4 Å². The Morgan fingerprint density at radius 1 is 1.26 bits per heavy atom. The maximum absolute atomic E-state index is 13.0. The van der Waals surface area contributed by atoms with Crippen LogP contribution in [-0.4, -0.2) is 29.0 Å². The summed E-state index contributed by atoms with van der Waals surface area (Å²) in [4.78, 5) is 19.3. The van der Waals surface area contributed by atoms with Crippen LogP contribution in [0.25, 0.3) is 0 Å². The van der Waals surface area contributed by atoms with Gasteiger partial charge in [-0.1, -0.05) is 12.1 Å². The molecule has 0 aliphatic heterocycles. The second kappa shape index (κ2) is 8.06. The van der Waals surface area contributed by atoms with E-state index in [2.05, 4.69) is 10.3 Å². The van der Waals surface area contributed by atoms with Gasteiger partial charge in [0.1, 0.15) is 10.8 Å². The van der Waals surface area contributed by atoms with Crippen molar-refractivity contribution in [3.05, 3.63) is 51.2 Å². The Morgan fingerprint density at radius 2 is 1.91 bits per heavy atom. The van der Waals surface area contributed by atoms with Gasteiger partial charge in [0.15, 0.2) is 0 Å². The predicted molar refractivity (Wildman–Crippen MR) is 91.2 cm³/mol. The molecule has 1 aromatic heterocycles. The van der Waals surface area contributed by atoms with Crippen molar-refractivity contribution in [3.63, 3.8) is 0 Å². The monoisotopic (exact) mass is 335 g/mol. The van der Waals surface area contributed by atoms with Crippen LogP contribution in [0.5, 0.6) is 0 Å². The predicted octanol–water partition coefficient (Wildman–Crippen LogP) is 3.73. The van der Waals surface area contributed by atoms with Gasteiger partial charge in [-0.3, -0.25) is 0 Å². The van der Waals surface area contributed by atoms with Crippen LogP contribution < -0.4 is 5.32 Å². The molecule has 0 radical (unpaired) electrons. The summed E-state index contributed by atoms with van der Waals surface area (Å²) in [6, 6.07) is 6.45. The van der Waals surface area contributed by atoms with Crippen molar-refractivity contribution in [1.29, 1.82) is 0 Å². The van der Waals surface area contributed by atoms with Gasteiger partial charge >= 0.3 is 6.03 Å². The summed E-state index contributed by atoms with van der Waals surface area (Å²) >= 11 is 1.59. The zero-order valence-electron chi connectivity index (χ0n) is 13.7. The van der Waals surface area contributed by atoms with E-state index in [-0.39, 0.29) is 11.8 Å². The fraction of sp³-hybridized carbons (Fsp3) is 0.412. The van der Waals surface area contributed by atoms with Crippen molar-refractivity contribution in [2.24, 2.45) is 0 Å². The molecule has 0 saturated carbocycles. The SMILES string of the molecule is CCN(CC)C(=O)NCc1nc(C)c(Cc2ccc(F)cc2)s1. The highest BCUT2D eigenvalue weighted by Crippen LogP contribution is 2.21. The molecule has 2 aromatic rings. The standard InChI is InChI=1S/C17H22FN3OS/c1-4-21(5-2)17(22)19-11-16-20-12(3)15(23-16)10-13-6-8-14(18)9-7-13/h6-9H,4-5,10-11H2,1-3H3,(H,19,22). The van der Waals surface area contributed by atoms with Gasteiger partial charge in [-0.15, -0.1) is 11.3 Å². The number of carbonyl (C=O) groups excluding carboxylic acids is 1. The third kappa shape index (κ3) is 4.76. The molecule has 0 bridgehead atoms. The number of carbonyl (C=O) groups is 1. The van der Waals surface area contributed by atoms with Crippen LogP contribution in [0, 0.1) is 12.7 Å². The van der Waals surface area contributed by atoms with E-state index >= 15 is 0 Å². The lowest BCUT2D eigenvalue weighted by molar-refractivity contribution is 0.203. The van der Waals surface area contributed by atoms with Crippen LogP contribution in [0.4, 0.5) is 9.18 Å². The van der Waals surface area contributed by atoms with Crippen molar-refractivity contribution < 1.29 is 9.18 Å². The number of halogens is 1. The van der Waals surface area contributed by atoms with E-state index in [1.807, 2.05) is 20.8 Å². The number of nitrogens with one attached hydrogen (secondary N) is 1. The van der Waals surface area contributed by atoms with Crippen LogP contribution in [0.15, 0.2) is 24.3 Å². The maximum Gasteiger partial charge on any atom is 0.317 e. The van der Waals surface area contributed by atoms with Crippen molar-refractivity contribution in [2.75, 3.05) is 13.1 Å². The number of rotatable bonds is 6. The summed E-state index contributed by atoms with van der Waals surface area (Å²) < 4.78 is 13.0. The maximum atomic E-state index is 13.0. The minimum absolute atomic E-state index is 0.0667. The number of urea groups is 1. The molecule has 1 aromatic carbocycles. The lowest BCUT2D eigenvalue weighted by Crippen LogP contribution is -2.39. The quantitative estimate of drug-likeness (QED) is 0.874. The number of benzene rings is 1. The first kappa shape index (κ1) is 17.4. The third-order valence-electron chi connectivity index (χ3n) is 3.66. The zero-order valence-corrected chi connectivity index (χ0v) is 14.5. The van der Waals surface area contributed by atoms with Gasteiger partial charge in [0.25, 0.3) is 0 Å². The molecule has 124 valence electrons. The molecule has 0 unspecified atom stereocenters. The average molecular weight is 335 g/mol.